The molecule has 0 radical (unpaired) electrons. The average Bonchev–Trinajstić information content (AvgIpc) is 2.68. The van der Waals surface area contributed by atoms with Crippen LogP contribution in [-0.2, 0) is 9.53 Å². The number of carbonyl (C=O) groups is 2. The molecule has 1 aliphatic rings. The van der Waals surface area contributed by atoms with Crippen molar-refractivity contribution in [3.8, 4) is 0 Å². The van der Waals surface area contributed by atoms with Gasteiger partial charge in [-0.1, -0.05) is 18.6 Å². The zero-order chi connectivity index (χ0) is 18.5. The molecular weight excluding hydrogens is 333 g/mol. The van der Waals surface area contributed by atoms with Crippen molar-refractivity contribution in [1.29, 1.82) is 0 Å². The minimum atomic E-state index is -0.395. The third kappa shape index (κ3) is 4.10. The fourth-order valence-corrected chi connectivity index (χ4v) is 3.45. The first-order chi connectivity index (χ1) is 12.6. The first-order valence-corrected chi connectivity index (χ1v) is 8.81. The van der Waals surface area contributed by atoms with E-state index in [9.17, 15) is 14.0 Å². The van der Waals surface area contributed by atoms with E-state index in [-0.39, 0.29) is 23.6 Å². The Labute approximate surface area is 152 Å². The molecule has 3 rings (SSSR count). The summed E-state index contributed by atoms with van der Waals surface area (Å²) in [7, 11) is 1.34. The van der Waals surface area contributed by atoms with Gasteiger partial charge < -0.3 is 10.1 Å². The lowest BCUT2D eigenvalue weighted by molar-refractivity contribution is -0.125. The fraction of sp³-hybridized carbons (Fsp3) is 0.333. The molecule has 2 aromatic rings. The van der Waals surface area contributed by atoms with E-state index in [1.807, 2.05) is 12.1 Å². The molecule has 26 heavy (non-hydrogen) atoms. The Kier molecular flexibility index (Phi) is 5.66. The maximum atomic E-state index is 13.2. The lowest BCUT2D eigenvalue weighted by atomic mass is 9.80. The number of anilines is 1. The number of esters is 1. The van der Waals surface area contributed by atoms with Gasteiger partial charge in [-0.05, 0) is 54.8 Å². The summed E-state index contributed by atoms with van der Waals surface area (Å²) in [6.45, 7) is 0. The molecule has 1 fully saturated rings. The van der Waals surface area contributed by atoms with Crippen molar-refractivity contribution in [3.63, 3.8) is 0 Å². The molecule has 2 aromatic carbocycles. The van der Waals surface area contributed by atoms with Crippen LogP contribution in [0.2, 0.25) is 0 Å². The molecule has 0 aromatic heterocycles. The third-order valence-corrected chi connectivity index (χ3v) is 4.86. The van der Waals surface area contributed by atoms with Crippen molar-refractivity contribution in [1.82, 2.24) is 0 Å². The molecule has 5 heteroatoms. The first kappa shape index (κ1) is 18.1. The van der Waals surface area contributed by atoms with Gasteiger partial charge in [0, 0.05) is 18.0 Å². The topological polar surface area (TPSA) is 55.4 Å². The summed E-state index contributed by atoms with van der Waals surface area (Å²) < 4.78 is 17.9. The van der Waals surface area contributed by atoms with E-state index >= 15 is 0 Å². The van der Waals surface area contributed by atoms with Gasteiger partial charge in [-0.3, -0.25) is 4.79 Å². The molecule has 0 bridgehead atoms. The Morgan fingerprint density at radius 3 is 2.42 bits per heavy atom. The minimum Gasteiger partial charge on any atom is -0.465 e. The van der Waals surface area contributed by atoms with Gasteiger partial charge in [-0.2, -0.15) is 0 Å². The summed E-state index contributed by atoms with van der Waals surface area (Å²) in [6.07, 6.45) is 3.35. The molecule has 0 spiro atoms. The van der Waals surface area contributed by atoms with Crippen molar-refractivity contribution in [2.45, 2.75) is 31.7 Å². The van der Waals surface area contributed by atoms with E-state index in [0.29, 0.717) is 12.0 Å². The summed E-state index contributed by atoms with van der Waals surface area (Å²) in [4.78, 5) is 24.1. The zero-order valence-electron chi connectivity index (χ0n) is 14.7. The van der Waals surface area contributed by atoms with Crippen LogP contribution in [0.3, 0.4) is 0 Å². The standard InChI is InChI=1S/C21H22FNO3/c1-26-21(25)15-8-6-14(7-9-15)20(18-4-2-3-5-19(18)24)23-17-12-10-16(22)11-13-17/h6-13,18,20,23H,2-5H2,1H3. The molecule has 4 nitrogen and oxygen atoms in total. The van der Waals surface area contributed by atoms with Gasteiger partial charge in [0.1, 0.15) is 11.6 Å². The van der Waals surface area contributed by atoms with E-state index in [0.717, 1.165) is 30.5 Å². The predicted octanol–water partition coefficient (Wildman–Crippen LogP) is 4.52. The summed E-state index contributed by atoms with van der Waals surface area (Å²) in [5.41, 5.74) is 2.14. The summed E-state index contributed by atoms with van der Waals surface area (Å²) in [6, 6.07) is 13.0. The normalized spacial score (nSPS) is 18.2. The Balaban J connectivity index is 1.90. The van der Waals surface area contributed by atoms with E-state index in [1.54, 1.807) is 24.3 Å². The molecule has 2 atom stereocenters. The molecule has 0 amide bonds. The average molecular weight is 355 g/mol. The number of rotatable bonds is 5. The Hall–Kier alpha value is -2.69. The highest BCUT2D eigenvalue weighted by Crippen LogP contribution is 2.35. The number of methoxy groups -OCH3 is 1. The number of hydrogen-bond donors (Lipinski definition) is 1. The number of ether oxygens (including phenoxy) is 1. The van der Waals surface area contributed by atoms with Gasteiger partial charge in [0.05, 0.1) is 18.7 Å². The van der Waals surface area contributed by atoms with Crippen LogP contribution in [0.5, 0.6) is 0 Å². The molecule has 2 unspecified atom stereocenters. The lowest BCUT2D eigenvalue weighted by Gasteiger charge is -2.31. The van der Waals surface area contributed by atoms with Crippen LogP contribution < -0.4 is 5.32 Å². The highest BCUT2D eigenvalue weighted by atomic mass is 19.1. The summed E-state index contributed by atoms with van der Waals surface area (Å²) >= 11 is 0. The molecule has 0 heterocycles. The molecular formula is C21H22FNO3. The largest absolute Gasteiger partial charge is 0.465 e. The van der Waals surface area contributed by atoms with Crippen molar-refractivity contribution in [2.24, 2.45) is 5.92 Å². The Morgan fingerprint density at radius 2 is 1.81 bits per heavy atom. The zero-order valence-corrected chi connectivity index (χ0v) is 14.7. The monoisotopic (exact) mass is 355 g/mol. The van der Waals surface area contributed by atoms with Crippen LogP contribution in [0, 0.1) is 11.7 Å². The van der Waals surface area contributed by atoms with Crippen molar-refractivity contribution < 1.29 is 18.7 Å². The number of nitrogens with one attached hydrogen (secondary N) is 1. The van der Waals surface area contributed by atoms with Crippen LogP contribution in [0.1, 0.15) is 47.6 Å². The number of halogens is 1. The van der Waals surface area contributed by atoms with E-state index in [2.05, 4.69) is 5.32 Å². The van der Waals surface area contributed by atoms with Crippen molar-refractivity contribution >= 4 is 17.4 Å². The predicted molar refractivity (Wildman–Crippen MR) is 97.5 cm³/mol. The fourth-order valence-electron chi connectivity index (χ4n) is 3.45. The van der Waals surface area contributed by atoms with Gasteiger partial charge >= 0.3 is 5.97 Å². The highest BCUT2D eigenvalue weighted by molar-refractivity contribution is 5.89. The molecule has 0 saturated heterocycles. The van der Waals surface area contributed by atoms with Gasteiger partial charge in [-0.15, -0.1) is 0 Å². The van der Waals surface area contributed by atoms with E-state index in [1.165, 1.54) is 19.2 Å². The lowest BCUT2D eigenvalue weighted by Crippen LogP contribution is -2.30. The smallest absolute Gasteiger partial charge is 0.337 e. The maximum Gasteiger partial charge on any atom is 0.337 e. The Bertz CT molecular complexity index is 771. The second kappa shape index (κ2) is 8.13. The van der Waals surface area contributed by atoms with Crippen molar-refractivity contribution in [2.75, 3.05) is 12.4 Å². The van der Waals surface area contributed by atoms with Crippen LogP contribution in [0.15, 0.2) is 48.5 Å². The van der Waals surface area contributed by atoms with Crippen LogP contribution in [0.4, 0.5) is 10.1 Å². The van der Waals surface area contributed by atoms with Crippen LogP contribution in [0.25, 0.3) is 0 Å². The molecule has 1 aliphatic carbocycles. The van der Waals surface area contributed by atoms with Crippen LogP contribution in [-0.4, -0.2) is 18.9 Å². The van der Waals surface area contributed by atoms with Gasteiger partial charge in [0.15, 0.2) is 0 Å². The van der Waals surface area contributed by atoms with E-state index < -0.39 is 5.97 Å². The minimum absolute atomic E-state index is 0.141. The second-order valence-electron chi connectivity index (χ2n) is 6.56. The number of ketones is 1. The number of hydrogen-bond acceptors (Lipinski definition) is 4. The molecule has 136 valence electrons. The van der Waals surface area contributed by atoms with Gasteiger partial charge in [0.25, 0.3) is 0 Å². The second-order valence-corrected chi connectivity index (χ2v) is 6.56. The molecule has 0 aliphatic heterocycles. The summed E-state index contributed by atoms with van der Waals surface area (Å²) in [5.74, 6) is -0.595. The first-order valence-electron chi connectivity index (χ1n) is 8.81. The van der Waals surface area contributed by atoms with Gasteiger partial charge in [0.2, 0.25) is 0 Å². The Morgan fingerprint density at radius 1 is 1.12 bits per heavy atom. The SMILES string of the molecule is COC(=O)c1ccc(C(Nc2ccc(F)cc2)C2CCCCC2=O)cc1. The summed E-state index contributed by atoms with van der Waals surface area (Å²) in [5, 5.41) is 3.38. The third-order valence-electron chi connectivity index (χ3n) is 4.86. The quantitative estimate of drug-likeness (QED) is 0.801. The maximum absolute atomic E-state index is 13.2. The van der Waals surface area contributed by atoms with Gasteiger partial charge in [-0.25, -0.2) is 9.18 Å². The van der Waals surface area contributed by atoms with Crippen molar-refractivity contribution in [3.05, 3.63) is 65.5 Å². The number of carbonyl (C=O) groups excluding carboxylic acids is 2. The van der Waals surface area contributed by atoms with Crippen LogP contribution >= 0.6 is 0 Å². The molecule has 1 N–H and O–H groups in total. The highest BCUT2D eigenvalue weighted by Gasteiger charge is 2.31. The molecule has 1 saturated carbocycles. The van der Waals surface area contributed by atoms with E-state index in [4.69, 9.17) is 4.74 Å². The number of benzene rings is 2. The number of Topliss-reactive ketones (excluding diaryl/α,β-unsaturated/α-hetero) is 1.